The average Bonchev–Trinajstić information content (AvgIpc) is 3.01. The van der Waals surface area contributed by atoms with Gasteiger partial charge in [-0.25, -0.2) is 4.98 Å². The fourth-order valence-electron chi connectivity index (χ4n) is 1.73. The molecule has 0 saturated heterocycles. The normalized spacial score (nSPS) is 12.7. The maximum atomic E-state index is 10.8. The first kappa shape index (κ1) is 18.5. The highest BCUT2D eigenvalue weighted by atomic mass is 16.4. The van der Waals surface area contributed by atoms with Gasteiger partial charge in [0, 0.05) is 18.3 Å². The van der Waals surface area contributed by atoms with Crippen LogP contribution >= 0.6 is 0 Å². The number of hydrogen-bond acceptors (Lipinski definition) is 5. The van der Waals surface area contributed by atoms with Crippen LogP contribution in [0.4, 0.5) is 0 Å². The van der Waals surface area contributed by atoms with Gasteiger partial charge in [-0.15, -0.1) is 0 Å². The lowest BCUT2D eigenvalue weighted by Gasteiger charge is -2.06. The summed E-state index contributed by atoms with van der Waals surface area (Å²) < 4.78 is 0. The number of imidazole rings is 1. The average molecular weight is 318 g/mol. The van der Waals surface area contributed by atoms with Gasteiger partial charge in [0.25, 0.3) is 0 Å². The predicted octanol–water partition coefficient (Wildman–Crippen LogP) is 0.510. The van der Waals surface area contributed by atoms with Gasteiger partial charge in [0.05, 0.1) is 12.4 Å². The number of rotatable bonds is 6. The first-order valence-corrected chi connectivity index (χ1v) is 7.15. The molecular formula is C16H22N4O3. The van der Waals surface area contributed by atoms with Crippen molar-refractivity contribution in [3.8, 4) is 0 Å². The van der Waals surface area contributed by atoms with Crippen LogP contribution in [0.3, 0.4) is 0 Å². The Balaban J connectivity index is 0.000000231. The second-order valence-electron chi connectivity index (χ2n) is 5.13. The molecule has 0 radical (unpaired) electrons. The molecule has 0 fully saturated rings. The zero-order valence-electron chi connectivity index (χ0n) is 13.0. The minimum atomic E-state index is -1.00. The third kappa shape index (κ3) is 7.35. The predicted molar refractivity (Wildman–Crippen MR) is 86.7 cm³/mol. The van der Waals surface area contributed by atoms with Crippen molar-refractivity contribution in [2.24, 2.45) is 11.5 Å². The first-order chi connectivity index (χ1) is 10.9. The van der Waals surface area contributed by atoms with Crippen molar-refractivity contribution >= 4 is 11.8 Å². The number of nitrogens with zero attached hydrogens (tertiary/aromatic N) is 1. The molecule has 0 spiro atoms. The van der Waals surface area contributed by atoms with Crippen molar-refractivity contribution in [3.63, 3.8) is 0 Å². The Morgan fingerprint density at radius 3 is 2.30 bits per heavy atom. The van der Waals surface area contributed by atoms with Gasteiger partial charge in [-0.1, -0.05) is 30.3 Å². The number of carbonyl (C=O) groups excluding carboxylic acids is 1. The number of aromatic amines is 1. The lowest BCUT2D eigenvalue weighted by molar-refractivity contribution is -0.138. The largest absolute Gasteiger partial charge is 0.480 e. The van der Waals surface area contributed by atoms with Crippen LogP contribution in [0.2, 0.25) is 0 Å². The van der Waals surface area contributed by atoms with Gasteiger partial charge >= 0.3 is 5.97 Å². The number of ketones is 1. The lowest BCUT2D eigenvalue weighted by atomic mass is 10.0. The minimum Gasteiger partial charge on any atom is -0.480 e. The van der Waals surface area contributed by atoms with E-state index in [0.717, 1.165) is 11.3 Å². The molecule has 0 saturated carbocycles. The quantitative estimate of drug-likeness (QED) is 0.613. The highest BCUT2D eigenvalue weighted by Gasteiger charge is 2.12. The van der Waals surface area contributed by atoms with Crippen molar-refractivity contribution in [2.45, 2.75) is 31.8 Å². The zero-order chi connectivity index (χ0) is 17.2. The molecule has 0 unspecified atom stereocenters. The van der Waals surface area contributed by atoms with E-state index in [2.05, 4.69) is 9.97 Å². The van der Waals surface area contributed by atoms with Crippen LogP contribution < -0.4 is 11.5 Å². The van der Waals surface area contributed by atoms with Gasteiger partial charge < -0.3 is 21.6 Å². The molecule has 124 valence electrons. The maximum absolute atomic E-state index is 10.8. The summed E-state index contributed by atoms with van der Waals surface area (Å²) in [7, 11) is 0. The Kier molecular flexibility index (Phi) is 7.65. The number of nitrogens with one attached hydrogen (secondary N) is 1. The number of carboxylic acids is 1. The second-order valence-corrected chi connectivity index (χ2v) is 5.13. The highest BCUT2D eigenvalue weighted by Crippen LogP contribution is 2.01. The third-order valence-corrected chi connectivity index (χ3v) is 3.13. The lowest BCUT2D eigenvalue weighted by Crippen LogP contribution is -2.32. The van der Waals surface area contributed by atoms with Crippen molar-refractivity contribution in [2.75, 3.05) is 0 Å². The minimum absolute atomic E-state index is 0.0406. The Morgan fingerprint density at radius 1 is 1.17 bits per heavy atom. The molecule has 1 aromatic carbocycles. The third-order valence-electron chi connectivity index (χ3n) is 3.13. The number of aromatic nitrogens is 2. The van der Waals surface area contributed by atoms with Crippen molar-refractivity contribution in [1.29, 1.82) is 0 Å². The molecule has 0 amide bonds. The molecule has 6 N–H and O–H groups in total. The zero-order valence-corrected chi connectivity index (χ0v) is 13.0. The molecule has 23 heavy (non-hydrogen) atoms. The summed E-state index contributed by atoms with van der Waals surface area (Å²) in [6.07, 6.45) is 3.97. The molecule has 2 aromatic rings. The SMILES string of the molecule is CC(=O)[C@@H](N)Cc1ccccc1.N[C@@H](Cc1cnc[nH]1)C(=O)O. The molecule has 2 rings (SSSR count). The number of carboxylic acid groups (broad SMARTS) is 1. The van der Waals surface area contributed by atoms with Crippen LogP contribution in [0.5, 0.6) is 0 Å². The van der Waals surface area contributed by atoms with Gasteiger partial charge in [0.2, 0.25) is 0 Å². The van der Waals surface area contributed by atoms with Crippen LogP contribution in [-0.4, -0.2) is 38.9 Å². The Hall–Kier alpha value is -2.51. The van der Waals surface area contributed by atoms with E-state index >= 15 is 0 Å². The summed E-state index contributed by atoms with van der Waals surface area (Å²) >= 11 is 0. The van der Waals surface area contributed by atoms with E-state index in [4.69, 9.17) is 16.6 Å². The van der Waals surface area contributed by atoms with E-state index in [9.17, 15) is 9.59 Å². The highest BCUT2D eigenvalue weighted by molar-refractivity contribution is 5.81. The smallest absolute Gasteiger partial charge is 0.320 e. The molecule has 1 aromatic heterocycles. The van der Waals surface area contributed by atoms with E-state index in [1.807, 2.05) is 30.3 Å². The molecule has 2 atom stereocenters. The standard InChI is InChI=1S/C10H13NO.C6H9N3O2/c1-8(12)10(11)7-9-5-3-2-4-6-9;7-5(6(10)11)1-4-2-8-3-9-4/h2-6,10H,7,11H2,1H3;2-3,5H,1,7H2,(H,8,9)(H,10,11)/t10-;5-/m00/s1. The van der Waals surface area contributed by atoms with Gasteiger partial charge in [-0.3, -0.25) is 9.59 Å². The number of Topliss-reactive ketones (excluding diaryl/α,β-unsaturated/α-hetero) is 1. The molecule has 1 heterocycles. The number of aliphatic carboxylic acids is 1. The number of carbonyl (C=O) groups is 2. The summed E-state index contributed by atoms with van der Waals surface area (Å²) in [5, 5.41) is 8.42. The Morgan fingerprint density at radius 2 is 1.83 bits per heavy atom. The van der Waals surface area contributed by atoms with Gasteiger partial charge in [0.1, 0.15) is 11.8 Å². The van der Waals surface area contributed by atoms with Crippen molar-refractivity contribution < 1.29 is 14.7 Å². The molecular weight excluding hydrogens is 296 g/mol. The molecule has 0 aliphatic carbocycles. The molecule has 0 aliphatic rings. The summed E-state index contributed by atoms with van der Waals surface area (Å²) in [6.45, 7) is 1.52. The summed E-state index contributed by atoms with van der Waals surface area (Å²) in [5.74, 6) is -0.960. The molecule has 0 bridgehead atoms. The molecule has 0 aliphatic heterocycles. The van der Waals surface area contributed by atoms with Crippen LogP contribution in [-0.2, 0) is 22.4 Å². The monoisotopic (exact) mass is 318 g/mol. The molecule has 7 nitrogen and oxygen atoms in total. The summed E-state index contributed by atoms with van der Waals surface area (Å²) in [4.78, 5) is 27.6. The second kappa shape index (κ2) is 9.50. The van der Waals surface area contributed by atoms with Gasteiger partial charge in [-0.05, 0) is 18.9 Å². The fraction of sp³-hybridized carbons (Fsp3) is 0.312. The van der Waals surface area contributed by atoms with E-state index in [1.165, 1.54) is 13.3 Å². The maximum Gasteiger partial charge on any atom is 0.320 e. The Bertz CT molecular complexity index is 599. The van der Waals surface area contributed by atoms with E-state index < -0.39 is 12.0 Å². The number of nitrogens with two attached hydrogens (primary N) is 2. The topological polar surface area (TPSA) is 135 Å². The fourth-order valence-corrected chi connectivity index (χ4v) is 1.73. The van der Waals surface area contributed by atoms with Crippen molar-refractivity contribution in [3.05, 3.63) is 54.1 Å². The molecule has 7 heteroatoms. The number of hydrogen-bond donors (Lipinski definition) is 4. The first-order valence-electron chi connectivity index (χ1n) is 7.15. The van der Waals surface area contributed by atoms with Crippen LogP contribution in [0, 0.1) is 0 Å². The number of H-pyrrole nitrogens is 1. The van der Waals surface area contributed by atoms with Crippen LogP contribution in [0.1, 0.15) is 18.2 Å². The Labute approximate surface area is 134 Å². The van der Waals surface area contributed by atoms with E-state index in [1.54, 1.807) is 6.20 Å². The van der Waals surface area contributed by atoms with E-state index in [0.29, 0.717) is 6.42 Å². The van der Waals surface area contributed by atoms with E-state index in [-0.39, 0.29) is 18.2 Å². The van der Waals surface area contributed by atoms with Crippen LogP contribution in [0.25, 0.3) is 0 Å². The summed E-state index contributed by atoms with van der Waals surface area (Å²) in [5.41, 5.74) is 12.7. The van der Waals surface area contributed by atoms with Crippen LogP contribution in [0.15, 0.2) is 42.9 Å². The number of benzene rings is 1. The van der Waals surface area contributed by atoms with Gasteiger partial charge in [-0.2, -0.15) is 0 Å². The van der Waals surface area contributed by atoms with Gasteiger partial charge in [0.15, 0.2) is 0 Å². The van der Waals surface area contributed by atoms with Crippen molar-refractivity contribution in [1.82, 2.24) is 9.97 Å². The summed E-state index contributed by atoms with van der Waals surface area (Å²) in [6, 6.07) is 8.58.